The van der Waals surface area contributed by atoms with Crippen molar-refractivity contribution in [2.24, 2.45) is 0 Å². The van der Waals surface area contributed by atoms with E-state index >= 15 is 0 Å². The maximum atomic E-state index is 13.3. The Hall–Kier alpha value is -2.54. The molecule has 0 spiro atoms. The van der Waals surface area contributed by atoms with Crippen LogP contribution in [0.1, 0.15) is 15.9 Å². The molecular weight excluding hydrogens is 431 g/mol. The molecule has 0 bridgehead atoms. The van der Waals surface area contributed by atoms with Crippen LogP contribution in [0.4, 0.5) is 11.4 Å². The molecule has 3 aromatic rings. The number of nitrogens with one attached hydrogen (secondary N) is 1. The highest BCUT2D eigenvalue weighted by molar-refractivity contribution is 7.93. The lowest BCUT2D eigenvalue weighted by Crippen LogP contribution is -2.29. The minimum atomic E-state index is -3.92. The first-order chi connectivity index (χ1) is 13.9. The molecule has 148 valence electrons. The zero-order chi connectivity index (χ0) is 20.6. The second kappa shape index (κ2) is 7.71. The molecule has 0 aliphatic carbocycles. The number of carbonyl (C=O) groups is 1. The summed E-state index contributed by atoms with van der Waals surface area (Å²) in [6.45, 7) is 0.327. The van der Waals surface area contributed by atoms with Gasteiger partial charge in [-0.2, -0.15) is 0 Å². The lowest BCUT2D eigenvalue weighted by Gasteiger charge is -2.20. The number of amides is 1. The van der Waals surface area contributed by atoms with Crippen LogP contribution in [-0.4, -0.2) is 20.9 Å². The molecule has 4 rings (SSSR count). The van der Waals surface area contributed by atoms with E-state index in [1.165, 1.54) is 22.5 Å². The molecule has 3 aromatic carbocycles. The van der Waals surface area contributed by atoms with Gasteiger partial charge in [-0.15, -0.1) is 0 Å². The fraction of sp³-hybridized carbons (Fsp3) is 0.0952. The molecule has 1 aliphatic heterocycles. The third kappa shape index (κ3) is 3.71. The zero-order valence-electron chi connectivity index (χ0n) is 15.1. The SMILES string of the molecule is O=C(Nc1ccccc1Cl)c1ccc(Cl)c(S(=O)(=O)N2CCc3ccccc32)c1. The minimum Gasteiger partial charge on any atom is -0.321 e. The molecule has 8 heteroatoms. The van der Waals surface area contributed by atoms with E-state index in [1.54, 1.807) is 36.4 Å². The van der Waals surface area contributed by atoms with Gasteiger partial charge in [0, 0.05) is 12.1 Å². The number of hydrogen-bond acceptors (Lipinski definition) is 3. The monoisotopic (exact) mass is 446 g/mol. The largest absolute Gasteiger partial charge is 0.321 e. The van der Waals surface area contributed by atoms with Crippen LogP contribution >= 0.6 is 23.2 Å². The van der Waals surface area contributed by atoms with E-state index in [0.717, 1.165) is 5.56 Å². The van der Waals surface area contributed by atoms with Gasteiger partial charge in [0.25, 0.3) is 15.9 Å². The van der Waals surface area contributed by atoms with Crippen molar-refractivity contribution in [3.05, 3.63) is 87.9 Å². The van der Waals surface area contributed by atoms with E-state index in [9.17, 15) is 13.2 Å². The van der Waals surface area contributed by atoms with Gasteiger partial charge in [-0.1, -0.05) is 53.5 Å². The molecule has 0 atom stereocenters. The van der Waals surface area contributed by atoms with Gasteiger partial charge >= 0.3 is 0 Å². The highest BCUT2D eigenvalue weighted by Gasteiger charge is 2.32. The van der Waals surface area contributed by atoms with Gasteiger partial charge < -0.3 is 5.32 Å². The van der Waals surface area contributed by atoms with Crippen LogP contribution in [-0.2, 0) is 16.4 Å². The van der Waals surface area contributed by atoms with Gasteiger partial charge in [-0.3, -0.25) is 9.10 Å². The average Bonchev–Trinajstić information content (AvgIpc) is 3.15. The van der Waals surface area contributed by atoms with Crippen molar-refractivity contribution in [3.8, 4) is 0 Å². The van der Waals surface area contributed by atoms with Crippen molar-refractivity contribution in [1.29, 1.82) is 0 Å². The van der Waals surface area contributed by atoms with Crippen LogP contribution in [0.25, 0.3) is 0 Å². The van der Waals surface area contributed by atoms with Crippen molar-refractivity contribution in [2.45, 2.75) is 11.3 Å². The Kier molecular flexibility index (Phi) is 5.25. The molecule has 0 saturated heterocycles. The van der Waals surface area contributed by atoms with Crippen LogP contribution in [0.5, 0.6) is 0 Å². The summed E-state index contributed by atoms with van der Waals surface area (Å²) in [4.78, 5) is 12.5. The summed E-state index contributed by atoms with van der Waals surface area (Å²) in [6, 6.07) is 18.3. The van der Waals surface area contributed by atoms with Crippen LogP contribution < -0.4 is 9.62 Å². The number of fused-ring (bicyclic) bond motifs is 1. The molecule has 0 aromatic heterocycles. The maximum Gasteiger partial charge on any atom is 0.265 e. The zero-order valence-corrected chi connectivity index (χ0v) is 17.4. The number of carbonyl (C=O) groups excluding carboxylic acids is 1. The van der Waals surface area contributed by atoms with Gasteiger partial charge in [-0.05, 0) is 48.4 Å². The summed E-state index contributed by atoms with van der Waals surface area (Å²) in [6.07, 6.45) is 0.625. The number of sulfonamides is 1. The normalized spacial score (nSPS) is 13.2. The Morgan fingerprint density at radius 2 is 1.66 bits per heavy atom. The fourth-order valence-electron chi connectivity index (χ4n) is 3.28. The number of anilines is 2. The van der Waals surface area contributed by atoms with Gasteiger partial charge in [0.1, 0.15) is 4.90 Å². The van der Waals surface area contributed by atoms with Crippen molar-refractivity contribution in [1.82, 2.24) is 0 Å². The molecule has 1 aliphatic rings. The topological polar surface area (TPSA) is 66.5 Å². The van der Waals surface area contributed by atoms with E-state index in [0.29, 0.717) is 29.4 Å². The fourth-order valence-corrected chi connectivity index (χ4v) is 5.47. The first kappa shape index (κ1) is 19.8. The van der Waals surface area contributed by atoms with Crippen molar-refractivity contribution in [3.63, 3.8) is 0 Å². The molecule has 0 unspecified atom stereocenters. The Bertz CT molecular complexity index is 1210. The number of rotatable bonds is 4. The van der Waals surface area contributed by atoms with E-state index < -0.39 is 15.9 Å². The summed E-state index contributed by atoms with van der Waals surface area (Å²) < 4.78 is 27.9. The number of nitrogens with zero attached hydrogens (tertiary/aromatic N) is 1. The van der Waals surface area contributed by atoms with Crippen molar-refractivity contribution < 1.29 is 13.2 Å². The molecule has 1 N–H and O–H groups in total. The van der Waals surface area contributed by atoms with Gasteiger partial charge in [0.2, 0.25) is 0 Å². The number of hydrogen-bond donors (Lipinski definition) is 1. The van der Waals surface area contributed by atoms with E-state index in [4.69, 9.17) is 23.2 Å². The Balaban J connectivity index is 1.69. The summed E-state index contributed by atoms with van der Waals surface area (Å²) in [5.74, 6) is -0.479. The molecule has 0 radical (unpaired) electrons. The average molecular weight is 447 g/mol. The summed E-state index contributed by atoms with van der Waals surface area (Å²) in [7, 11) is -3.92. The minimum absolute atomic E-state index is 0.0590. The molecule has 29 heavy (non-hydrogen) atoms. The van der Waals surface area contributed by atoms with Gasteiger partial charge in [0.15, 0.2) is 0 Å². The summed E-state index contributed by atoms with van der Waals surface area (Å²) in [5, 5.41) is 3.13. The smallest absolute Gasteiger partial charge is 0.265 e. The van der Waals surface area contributed by atoms with Crippen molar-refractivity contribution in [2.75, 3.05) is 16.2 Å². The van der Waals surface area contributed by atoms with Crippen LogP contribution in [0, 0.1) is 0 Å². The molecular formula is C21H16Cl2N2O3S. The second-order valence-electron chi connectivity index (χ2n) is 6.54. The predicted octanol–water partition coefficient (Wildman–Crippen LogP) is 5.00. The van der Waals surface area contributed by atoms with E-state index in [2.05, 4.69) is 5.32 Å². The first-order valence-corrected chi connectivity index (χ1v) is 11.0. The standard InChI is InChI=1S/C21H16Cl2N2O3S/c22-16-6-2-3-7-18(16)24-21(26)15-9-10-17(23)20(13-15)29(27,28)25-12-11-14-5-1-4-8-19(14)25/h1-10,13H,11-12H2,(H,24,26). The molecule has 0 fully saturated rings. The van der Waals surface area contributed by atoms with E-state index in [1.807, 2.05) is 12.1 Å². The first-order valence-electron chi connectivity index (χ1n) is 8.84. The van der Waals surface area contributed by atoms with Gasteiger partial charge in [0.05, 0.1) is 21.4 Å². The van der Waals surface area contributed by atoms with Crippen molar-refractivity contribution >= 4 is 50.5 Å². The summed E-state index contributed by atoms with van der Waals surface area (Å²) >= 11 is 12.3. The number of halogens is 2. The van der Waals surface area contributed by atoms with E-state index in [-0.39, 0.29) is 15.5 Å². The lowest BCUT2D eigenvalue weighted by atomic mass is 10.2. The lowest BCUT2D eigenvalue weighted by molar-refractivity contribution is 0.102. The molecule has 0 saturated carbocycles. The number of benzene rings is 3. The summed E-state index contributed by atoms with van der Waals surface area (Å²) in [5.41, 5.74) is 2.20. The third-order valence-electron chi connectivity index (χ3n) is 4.73. The van der Waals surface area contributed by atoms with Crippen LogP contribution in [0.15, 0.2) is 71.6 Å². The maximum absolute atomic E-state index is 13.3. The quantitative estimate of drug-likeness (QED) is 0.613. The third-order valence-corrected chi connectivity index (χ3v) is 7.35. The molecule has 1 amide bonds. The molecule has 5 nitrogen and oxygen atoms in total. The molecule has 1 heterocycles. The second-order valence-corrected chi connectivity index (χ2v) is 9.18. The van der Waals surface area contributed by atoms with Crippen LogP contribution in [0.3, 0.4) is 0 Å². The highest BCUT2D eigenvalue weighted by Crippen LogP contribution is 2.35. The predicted molar refractivity (Wildman–Crippen MR) is 116 cm³/mol. The Morgan fingerprint density at radius 1 is 0.931 bits per heavy atom. The Morgan fingerprint density at radius 3 is 2.45 bits per heavy atom. The number of para-hydroxylation sites is 2. The van der Waals surface area contributed by atoms with Gasteiger partial charge in [-0.25, -0.2) is 8.42 Å². The highest BCUT2D eigenvalue weighted by atomic mass is 35.5. The van der Waals surface area contributed by atoms with Crippen LogP contribution in [0.2, 0.25) is 10.0 Å². The Labute approximate surface area is 178 Å².